The predicted octanol–water partition coefficient (Wildman–Crippen LogP) is 4.38. The predicted molar refractivity (Wildman–Crippen MR) is 88.3 cm³/mol. The SMILES string of the molecule is CC(=O)Nc1nc([C@@H]2C(c3ccc(F)c(Cl)c3)C2(C)C)c(C)[nH]1. The van der Waals surface area contributed by atoms with Crippen LogP contribution in [0.4, 0.5) is 10.3 Å². The van der Waals surface area contributed by atoms with Crippen LogP contribution in [0.25, 0.3) is 0 Å². The van der Waals surface area contributed by atoms with E-state index in [0.29, 0.717) is 5.95 Å². The number of aryl methyl sites for hydroxylation is 1. The number of nitrogens with one attached hydrogen (secondary N) is 2. The third-order valence-corrected chi connectivity index (χ3v) is 4.93. The molecule has 0 saturated heterocycles. The van der Waals surface area contributed by atoms with Gasteiger partial charge in [-0.1, -0.05) is 31.5 Å². The molecule has 0 aliphatic heterocycles. The molecule has 1 aliphatic rings. The minimum absolute atomic E-state index is 0.00535. The van der Waals surface area contributed by atoms with Crippen molar-refractivity contribution in [3.8, 4) is 0 Å². The minimum Gasteiger partial charge on any atom is -0.328 e. The highest BCUT2D eigenvalue weighted by molar-refractivity contribution is 6.30. The quantitative estimate of drug-likeness (QED) is 0.874. The number of anilines is 1. The van der Waals surface area contributed by atoms with Gasteiger partial charge >= 0.3 is 0 Å². The summed E-state index contributed by atoms with van der Waals surface area (Å²) < 4.78 is 13.4. The van der Waals surface area contributed by atoms with Gasteiger partial charge in [-0.25, -0.2) is 9.37 Å². The van der Waals surface area contributed by atoms with Crippen LogP contribution in [-0.2, 0) is 4.79 Å². The number of aromatic amines is 1. The van der Waals surface area contributed by atoms with E-state index in [9.17, 15) is 9.18 Å². The Morgan fingerprint density at radius 3 is 2.70 bits per heavy atom. The Morgan fingerprint density at radius 2 is 2.09 bits per heavy atom. The van der Waals surface area contributed by atoms with Gasteiger partial charge in [-0.3, -0.25) is 10.1 Å². The molecular weight excluding hydrogens is 317 g/mol. The van der Waals surface area contributed by atoms with Crippen molar-refractivity contribution in [2.75, 3.05) is 5.32 Å². The number of nitrogens with zero attached hydrogens (tertiary/aromatic N) is 1. The zero-order valence-corrected chi connectivity index (χ0v) is 14.3. The second-order valence-electron chi connectivity index (χ2n) is 6.73. The Balaban J connectivity index is 1.93. The first-order chi connectivity index (χ1) is 10.7. The summed E-state index contributed by atoms with van der Waals surface area (Å²) in [4.78, 5) is 18.8. The van der Waals surface area contributed by atoms with E-state index < -0.39 is 5.82 Å². The van der Waals surface area contributed by atoms with Gasteiger partial charge in [0, 0.05) is 18.5 Å². The maximum absolute atomic E-state index is 13.4. The van der Waals surface area contributed by atoms with Crippen molar-refractivity contribution in [1.82, 2.24) is 9.97 Å². The molecule has 2 aromatic rings. The van der Waals surface area contributed by atoms with Gasteiger partial charge in [0.05, 0.1) is 10.7 Å². The van der Waals surface area contributed by atoms with Crippen molar-refractivity contribution in [1.29, 1.82) is 0 Å². The first-order valence-corrected chi connectivity index (χ1v) is 7.88. The lowest BCUT2D eigenvalue weighted by Crippen LogP contribution is -2.07. The topological polar surface area (TPSA) is 57.8 Å². The lowest BCUT2D eigenvalue weighted by atomic mass is 10.0. The van der Waals surface area contributed by atoms with Gasteiger partial charge in [0.1, 0.15) is 5.82 Å². The summed E-state index contributed by atoms with van der Waals surface area (Å²) in [5.41, 5.74) is 2.87. The van der Waals surface area contributed by atoms with Gasteiger partial charge in [-0.2, -0.15) is 0 Å². The fourth-order valence-corrected chi connectivity index (χ4v) is 3.67. The van der Waals surface area contributed by atoms with Crippen molar-refractivity contribution >= 4 is 23.5 Å². The van der Waals surface area contributed by atoms with Crippen LogP contribution in [0, 0.1) is 18.2 Å². The Labute approximate surface area is 139 Å². The summed E-state index contributed by atoms with van der Waals surface area (Å²) in [7, 11) is 0. The van der Waals surface area contributed by atoms with Gasteiger partial charge in [-0.15, -0.1) is 0 Å². The standard InChI is InChI=1S/C17H19ClFN3O/c1-8-15(22-16(20-8)21-9(2)23)14-13(17(14,3)4)10-5-6-12(19)11(18)7-10/h5-7,13-14H,1-4H3,(H2,20,21,22,23)/t13?,14-/m0/s1. The molecule has 3 rings (SSSR count). The second-order valence-corrected chi connectivity index (χ2v) is 7.13. The van der Waals surface area contributed by atoms with Crippen LogP contribution in [0.3, 0.4) is 0 Å². The highest BCUT2D eigenvalue weighted by Gasteiger charge is 2.60. The van der Waals surface area contributed by atoms with Crippen molar-refractivity contribution in [3.63, 3.8) is 0 Å². The van der Waals surface area contributed by atoms with E-state index in [0.717, 1.165) is 17.0 Å². The van der Waals surface area contributed by atoms with E-state index in [-0.39, 0.29) is 28.2 Å². The maximum Gasteiger partial charge on any atom is 0.223 e. The summed E-state index contributed by atoms with van der Waals surface area (Å²) in [6, 6.07) is 4.88. The smallest absolute Gasteiger partial charge is 0.223 e. The Bertz CT molecular complexity index is 784. The monoisotopic (exact) mass is 335 g/mol. The molecule has 122 valence electrons. The van der Waals surface area contributed by atoms with Gasteiger partial charge in [0.15, 0.2) is 0 Å². The summed E-state index contributed by atoms with van der Waals surface area (Å²) in [5, 5.41) is 2.81. The fraction of sp³-hybridized carbons (Fsp3) is 0.412. The molecule has 1 aliphatic carbocycles. The van der Waals surface area contributed by atoms with Gasteiger partial charge in [-0.05, 0) is 36.0 Å². The number of rotatable bonds is 3. The van der Waals surface area contributed by atoms with Crippen LogP contribution >= 0.6 is 11.6 Å². The van der Waals surface area contributed by atoms with E-state index in [1.165, 1.54) is 13.0 Å². The number of H-pyrrole nitrogens is 1. The average Bonchev–Trinajstić information content (AvgIpc) is 2.81. The van der Waals surface area contributed by atoms with Crippen molar-refractivity contribution < 1.29 is 9.18 Å². The molecule has 1 unspecified atom stereocenters. The molecule has 1 saturated carbocycles. The highest BCUT2D eigenvalue weighted by Crippen LogP contribution is 2.70. The largest absolute Gasteiger partial charge is 0.328 e. The van der Waals surface area contributed by atoms with Crippen LogP contribution in [0.2, 0.25) is 5.02 Å². The number of hydrogen-bond donors (Lipinski definition) is 2. The summed E-state index contributed by atoms with van der Waals surface area (Å²) in [6.07, 6.45) is 0. The number of aromatic nitrogens is 2. The number of imidazole rings is 1. The third kappa shape index (κ3) is 2.74. The zero-order chi connectivity index (χ0) is 16.9. The first-order valence-electron chi connectivity index (χ1n) is 7.51. The lowest BCUT2D eigenvalue weighted by molar-refractivity contribution is -0.114. The summed E-state index contributed by atoms with van der Waals surface area (Å²) in [6.45, 7) is 7.70. The number of carbonyl (C=O) groups is 1. The highest BCUT2D eigenvalue weighted by atomic mass is 35.5. The molecule has 0 radical (unpaired) electrons. The van der Waals surface area contributed by atoms with E-state index in [1.54, 1.807) is 12.1 Å². The van der Waals surface area contributed by atoms with Crippen LogP contribution in [-0.4, -0.2) is 15.9 Å². The summed E-state index contributed by atoms with van der Waals surface area (Å²) >= 11 is 5.92. The second kappa shape index (κ2) is 5.34. The van der Waals surface area contributed by atoms with E-state index in [2.05, 4.69) is 29.1 Å². The van der Waals surface area contributed by atoms with Crippen molar-refractivity contribution in [2.45, 2.75) is 39.5 Å². The molecule has 1 aromatic heterocycles. The molecule has 6 heteroatoms. The number of hydrogen-bond acceptors (Lipinski definition) is 2. The number of carbonyl (C=O) groups excluding carboxylic acids is 1. The fourth-order valence-electron chi connectivity index (χ4n) is 3.48. The maximum atomic E-state index is 13.4. The number of amides is 1. The molecule has 1 amide bonds. The Hall–Kier alpha value is -1.88. The minimum atomic E-state index is -0.408. The Morgan fingerprint density at radius 1 is 1.39 bits per heavy atom. The molecule has 1 fully saturated rings. The molecule has 0 spiro atoms. The molecule has 2 atom stereocenters. The molecule has 1 heterocycles. The molecule has 2 N–H and O–H groups in total. The van der Waals surface area contributed by atoms with Gasteiger partial charge < -0.3 is 4.98 Å². The number of halogens is 2. The van der Waals surface area contributed by atoms with E-state index in [1.807, 2.05) is 6.92 Å². The van der Waals surface area contributed by atoms with Crippen molar-refractivity contribution in [2.24, 2.45) is 5.41 Å². The van der Waals surface area contributed by atoms with Gasteiger partial charge in [0.2, 0.25) is 11.9 Å². The molecule has 0 bridgehead atoms. The summed E-state index contributed by atoms with van der Waals surface area (Å²) in [5.74, 6) is 0.302. The third-order valence-electron chi connectivity index (χ3n) is 4.64. The van der Waals surface area contributed by atoms with Gasteiger partial charge in [0.25, 0.3) is 0 Å². The van der Waals surface area contributed by atoms with Crippen LogP contribution < -0.4 is 5.32 Å². The Kier molecular flexibility index (Phi) is 3.71. The van der Waals surface area contributed by atoms with Crippen LogP contribution in [0.15, 0.2) is 18.2 Å². The van der Waals surface area contributed by atoms with Crippen molar-refractivity contribution in [3.05, 3.63) is 46.0 Å². The zero-order valence-electron chi connectivity index (χ0n) is 13.5. The molecule has 23 heavy (non-hydrogen) atoms. The molecule has 1 aromatic carbocycles. The molecular formula is C17H19ClFN3O. The number of benzene rings is 1. The first kappa shape index (κ1) is 16.0. The normalized spacial score (nSPS) is 22.0. The lowest BCUT2D eigenvalue weighted by Gasteiger charge is -2.03. The van der Waals surface area contributed by atoms with E-state index >= 15 is 0 Å². The van der Waals surface area contributed by atoms with Crippen LogP contribution in [0.1, 0.15) is 49.6 Å². The average molecular weight is 336 g/mol. The molecule has 4 nitrogen and oxygen atoms in total. The van der Waals surface area contributed by atoms with E-state index in [4.69, 9.17) is 11.6 Å². The van der Waals surface area contributed by atoms with Crippen LogP contribution in [0.5, 0.6) is 0 Å².